The molecule has 1 aromatic carbocycles. The molecule has 0 aromatic heterocycles. The topological polar surface area (TPSA) is 29.5 Å². The lowest BCUT2D eigenvalue weighted by Gasteiger charge is -2.33. The molecule has 0 saturated carbocycles. The van der Waals surface area contributed by atoms with Crippen molar-refractivity contribution in [1.29, 1.82) is 0 Å². The number of nitrogens with zero attached hydrogens (tertiary/aromatic N) is 1. The third-order valence-electron chi connectivity index (χ3n) is 3.01. The van der Waals surface area contributed by atoms with E-state index in [-0.39, 0.29) is 6.23 Å². The number of piperidine rings is 1. The monoisotopic (exact) mass is 253 g/mol. The van der Waals surface area contributed by atoms with Crippen LogP contribution in [0.3, 0.4) is 0 Å². The van der Waals surface area contributed by atoms with Crippen molar-refractivity contribution in [2.75, 3.05) is 13.1 Å². The van der Waals surface area contributed by atoms with Crippen molar-refractivity contribution in [3.63, 3.8) is 0 Å². The molecule has 1 saturated heterocycles. The number of hydrogen-bond donors (Lipinski definition) is 0. The molecule has 0 radical (unpaired) electrons. The molecule has 1 aliphatic heterocycles. The minimum atomic E-state index is -0.746. The van der Waals surface area contributed by atoms with Gasteiger partial charge in [0.15, 0.2) is 6.23 Å². The van der Waals surface area contributed by atoms with Crippen molar-refractivity contribution in [1.82, 2.24) is 4.90 Å². The van der Waals surface area contributed by atoms with Gasteiger partial charge in [-0.05, 0) is 12.8 Å². The fraction of sp³-hybridized carbons (Fsp3) is 0.462. The van der Waals surface area contributed by atoms with E-state index in [1.54, 1.807) is 0 Å². The molecule has 4 heteroatoms. The van der Waals surface area contributed by atoms with Gasteiger partial charge in [0.05, 0.1) is 0 Å². The van der Waals surface area contributed by atoms with Crippen LogP contribution in [-0.2, 0) is 4.74 Å². The molecule has 1 atom stereocenters. The second kappa shape index (κ2) is 6.03. The Bertz CT molecular complexity index is 363. The minimum Gasteiger partial charge on any atom is -0.430 e. The summed E-state index contributed by atoms with van der Waals surface area (Å²) in [6.45, 7) is 1.90. The van der Waals surface area contributed by atoms with Crippen LogP contribution >= 0.6 is 11.6 Å². The highest BCUT2D eigenvalue weighted by Gasteiger charge is 2.24. The molecule has 0 N–H and O–H groups in total. The minimum absolute atomic E-state index is 0.346. The molecule has 2 rings (SSSR count). The van der Waals surface area contributed by atoms with Gasteiger partial charge in [-0.3, -0.25) is 4.90 Å². The number of carbonyl (C=O) groups is 1. The summed E-state index contributed by atoms with van der Waals surface area (Å²) < 4.78 is 5.23. The SMILES string of the molecule is O=C(Cl)OC(c1ccccc1)N1CCCCC1. The average Bonchev–Trinajstić information content (AvgIpc) is 2.38. The van der Waals surface area contributed by atoms with Gasteiger partial charge in [-0.1, -0.05) is 36.8 Å². The summed E-state index contributed by atoms with van der Waals surface area (Å²) in [6, 6.07) is 9.74. The lowest BCUT2D eigenvalue weighted by Crippen LogP contribution is -2.35. The molecule has 3 nitrogen and oxygen atoms in total. The molecule has 1 heterocycles. The molecule has 92 valence electrons. The van der Waals surface area contributed by atoms with E-state index >= 15 is 0 Å². The number of likely N-dealkylation sites (tertiary alicyclic amines) is 1. The highest BCUT2D eigenvalue weighted by Crippen LogP contribution is 2.26. The Morgan fingerprint density at radius 2 is 1.82 bits per heavy atom. The lowest BCUT2D eigenvalue weighted by atomic mass is 10.1. The second-order valence-electron chi connectivity index (χ2n) is 4.22. The first-order valence-corrected chi connectivity index (χ1v) is 6.30. The summed E-state index contributed by atoms with van der Waals surface area (Å²) in [5.74, 6) is 0. The zero-order chi connectivity index (χ0) is 12.1. The van der Waals surface area contributed by atoms with Gasteiger partial charge in [-0.25, -0.2) is 4.79 Å². The Balaban J connectivity index is 2.15. The van der Waals surface area contributed by atoms with E-state index in [9.17, 15) is 4.79 Å². The summed E-state index contributed by atoms with van der Waals surface area (Å²) in [5, 5.41) is 0. The van der Waals surface area contributed by atoms with Crippen LogP contribution in [0.5, 0.6) is 0 Å². The van der Waals surface area contributed by atoms with Crippen LogP contribution < -0.4 is 0 Å². The van der Waals surface area contributed by atoms with Crippen molar-refractivity contribution in [3.05, 3.63) is 35.9 Å². The van der Waals surface area contributed by atoms with Gasteiger partial charge in [0.25, 0.3) is 0 Å². The zero-order valence-corrected chi connectivity index (χ0v) is 10.4. The van der Waals surface area contributed by atoms with Gasteiger partial charge in [0, 0.05) is 30.3 Å². The molecule has 0 spiro atoms. The largest absolute Gasteiger partial charge is 0.430 e. The van der Waals surface area contributed by atoms with Crippen molar-refractivity contribution >= 4 is 17.0 Å². The summed E-state index contributed by atoms with van der Waals surface area (Å²) >= 11 is 5.35. The van der Waals surface area contributed by atoms with E-state index in [0.29, 0.717) is 0 Å². The maximum Gasteiger partial charge on any atom is 0.405 e. The van der Waals surface area contributed by atoms with E-state index in [4.69, 9.17) is 16.3 Å². The van der Waals surface area contributed by atoms with Crippen LogP contribution in [0.2, 0.25) is 0 Å². The van der Waals surface area contributed by atoms with Gasteiger partial charge in [0.1, 0.15) is 0 Å². The number of hydrogen-bond acceptors (Lipinski definition) is 3. The first kappa shape index (κ1) is 12.4. The van der Waals surface area contributed by atoms with E-state index in [1.807, 2.05) is 30.3 Å². The normalized spacial score (nSPS) is 18.6. The third kappa shape index (κ3) is 3.45. The molecule has 1 aromatic rings. The first-order valence-electron chi connectivity index (χ1n) is 5.92. The smallest absolute Gasteiger partial charge is 0.405 e. The summed E-state index contributed by atoms with van der Waals surface area (Å²) in [4.78, 5) is 13.2. The van der Waals surface area contributed by atoms with Crippen molar-refractivity contribution < 1.29 is 9.53 Å². The van der Waals surface area contributed by atoms with Crippen molar-refractivity contribution in [3.8, 4) is 0 Å². The predicted molar refractivity (Wildman–Crippen MR) is 66.9 cm³/mol. The fourth-order valence-corrected chi connectivity index (χ4v) is 2.30. The lowest BCUT2D eigenvalue weighted by molar-refractivity contribution is -0.0147. The number of halogens is 1. The van der Waals surface area contributed by atoms with Gasteiger partial charge in [0.2, 0.25) is 0 Å². The van der Waals surface area contributed by atoms with Crippen LogP contribution in [0.1, 0.15) is 31.1 Å². The Kier molecular flexibility index (Phi) is 4.40. The molecule has 17 heavy (non-hydrogen) atoms. The summed E-state index contributed by atoms with van der Waals surface area (Å²) in [6.07, 6.45) is 3.18. The van der Waals surface area contributed by atoms with E-state index in [1.165, 1.54) is 6.42 Å². The van der Waals surface area contributed by atoms with Crippen LogP contribution in [-0.4, -0.2) is 23.4 Å². The Labute approximate surface area is 106 Å². The standard InChI is InChI=1S/C13H16ClNO2/c14-13(16)17-12(11-7-3-1-4-8-11)15-9-5-2-6-10-15/h1,3-4,7-8,12H,2,5-6,9-10H2. The molecular weight excluding hydrogens is 238 g/mol. The van der Waals surface area contributed by atoms with E-state index in [0.717, 1.165) is 31.5 Å². The highest BCUT2D eigenvalue weighted by atomic mass is 35.5. The van der Waals surface area contributed by atoms with Crippen molar-refractivity contribution in [2.45, 2.75) is 25.5 Å². The van der Waals surface area contributed by atoms with Gasteiger partial charge in [-0.15, -0.1) is 0 Å². The van der Waals surface area contributed by atoms with Gasteiger partial charge in [-0.2, -0.15) is 0 Å². The second-order valence-corrected chi connectivity index (χ2v) is 4.52. The van der Waals surface area contributed by atoms with Crippen molar-refractivity contribution in [2.24, 2.45) is 0 Å². The van der Waals surface area contributed by atoms with Crippen LogP contribution in [0.25, 0.3) is 0 Å². The molecule has 1 aliphatic rings. The summed E-state index contributed by atoms with van der Waals surface area (Å²) in [7, 11) is 0. The van der Waals surface area contributed by atoms with Gasteiger partial charge >= 0.3 is 5.43 Å². The highest BCUT2D eigenvalue weighted by molar-refractivity contribution is 6.61. The van der Waals surface area contributed by atoms with Crippen LogP contribution in [0.15, 0.2) is 30.3 Å². The van der Waals surface area contributed by atoms with Crippen LogP contribution in [0, 0.1) is 0 Å². The number of rotatable bonds is 3. The molecular formula is C13H16ClNO2. The molecule has 0 bridgehead atoms. The van der Waals surface area contributed by atoms with Crippen LogP contribution in [0.4, 0.5) is 4.79 Å². The maximum atomic E-state index is 11.0. The zero-order valence-electron chi connectivity index (χ0n) is 9.64. The molecule has 0 amide bonds. The maximum absolute atomic E-state index is 11.0. The Hall–Kier alpha value is -1.06. The molecule has 0 aliphatic carbocycles. The summed E-state index contributed by atoms with van der Waals surface area (Å²) in [5.41, 5.74) is 0.229. The average molecular weight is 254 g/mol. The number of ether oxygens (including phenoxy) is 1. The number of carbonyl (C=O) groups excluding carboxylic acids is 1. The van der Waals surface area contributed by atoms with Gasteiger partial charge < -0.3 is 4.74 Å². The third-order valence-corrected chi connectivity index (χ3v) is 3.10. The fourth-order valence-electron chi connectivity index (χ4n) is 2.21. The predicted octanol–water partition coefficient (Wildman–Crippen LogP) is 3.55. The van der Waals surface area contributed by atoms with E-state index in [2.05, 4.69) is 4.90 Å². The Morgan fingerprint density at radius 1 is 1.18 bits per heavy atom. The first-order chi connectivity index (χ1) is 8.27. The molecule has 1 unspecified atom stereocenters. The molecule has 1 fully saturated rings. The van der Waals surface area contributed by atoms with E-state index < -0.39 is 5.43 Å². The number of benzene rings is 1. The Morgan fingerprint density at radius 3 is 2.41 bits per heavy atom. The quantitative estimate of drug-likeness (QED) is 0.772.